The maximum Gasteiger partial charge on any atom is 0.281 e. The van der Waals surface area contributed by atoms with Crippen molar-refractivity contribution in [1.82, 2.24) is 13.9 Å². The zero-order valence-electron chi connectivity index (χ0n) is 14.1. The van der Waals surface area contributed by atoms with Crippen LogP contribution in [0, 0.1) is 5.92 Å². The summed E-state index contributed by atoms with van der Waals surface area (Å²) in [7, 11) is -0.316. The van der Waals surface area contributed by atoms with E-state index in [9.17, 15) is 13.2 Å². The number of piperidine rings is 1. The van der Waals surface area contributed by atoms with Gasteiger partial charge in [0, 0.05) is 50.3 Å². The van der Waals surface area contributed by atoms with Crippen molar-refractivity contribution in [3.63, 3.8) is 0 Å². The van der Waals surface area contributed by atoms with E-state index in [1.54, 1.807) is 11.8 Å². The molecule has 0 bridgehead atoms. The third-order valence-corrected chi connectivity index (χ3v) is 6.98. The Labute approximate surface area is 148 Å². The molecule has 2 rings (SSSR count). The minimum Gasteiger partial charge on any atom is -0.355 e. The molecule has 1 heterocycles. The Morgan fingerprint density at radius 3 is 2.46 bits per heavy atom. The highest BCUT2D eigenvalue weighted by Crippen LogP contribution is 2.21. The van der Waals surface area contributed by atoms with Gasteiger partial charge in [-0.1, -0.05) is 18.2 Å². The number of amides is 1. The Bertz CT molecular complexity index is 627. The number of carbonyl (C=O) groups is 1. The maximum absolute atomic E-state index is 12.2. The molecule has 1 saturated heterocycles. The van der Waals surface area contributed by atoms with Crippen LogP contribution in [0.2, 0.25) is 0 Å². The summed E-state index contributed by atoms with van der Waals surface area (Å²) in [6, 6.07) is 10.1. The van der Waals surface area contributed by atoms with Crippen LogP contribution in [0.1, 0.15) is 12.8 Å². The van der Waals surface area contributed by atoms with Crippen LogP contribution in [0.3, 0.4) is 0 Å². The fraction of sp³-hybridized carbons (Fsp3) is 0.562. The van der Waals surface area contributed by atoms with Crippen LogP contribution in [-0.4, -0.2) is 62.4 Å². The van der Waals surface area contributed by atoms with Crippen molar-refractivity contribution in [3.05, 3.63) is 30.3 Å². The highest BCUT2D eigenvalue weighted by Gasteiger charge is 2.31. The Morgan fingerprint density at radius 1 is 1.25 bits per heavy atom. The van der Waals surface area contributed by atoms with Gasteiger partial charge in [-0.25, -0.2) is 0 Å². The average Bonchev–Trinajstić information content (AvgIpc) is 2.59. The van der Waals surface area contributed by atoms with Gasteiger partial charge in [-0.2, -0.15) is 17.0 Å². The van der Waals surface area contributed by atoms with Crippen molar-refractivity contribution in [2.45, 2.75) is 17.7 Å². The fourth-order valence-electron chi connectivity index (χ4n) is 2.58. The van der Waals surface area contributed by atoms with E-state index >= 15 is 0 Å². The molecule has 0 saturated carbocycles. The molecule has 6 nitrogen and oxygen atoms in total. The van der Waals surface area contributed by atoms with Crippen LogP contribution in [0.15, 0.2) is 35.2 Å². The van der Waals surface area contributed by atoms with Crippen molar-refractivity contribution in [2.24, 2.45) is 5.92 Å². The minimum atomic E-state index is -3.37. The summed E-state index contributed by atoms with van der Waals surface area (Å²) in [6.45, 7) is 1.42. The van der Waals surface area contributed by atoms with Crippen LogP contribution < -0.4 is 5.32 Å². The smallest absolute Gasteiger partial charge is 0.281 e. The monoisotopic (exact) mass is 371 g/mol. The van der Waals surface area contributed by atoms with Crippen molar-refractivity contribution < 1.29 is 13.2 Å². The van der Waals surface area contributed by atoms with Gasteiger partial charge in [0.2, 0.25) is 5.91 Å². The zero-order valence-corrected chi connectivity index (χ0v) is 15.8. The number of carbonyl (C=O) groups excluding carboxylic acids is 1. The van der Waals surface area contributed by atoms with Gasteiger partial charge >= 0.3 is 0 Å². The summed E-state index contributed by atoms with van der Waals surface area (Å²) in [5, 5.41) is 2.96. The lowest BCUT2D eigenvalue weighted by Crippen LogP contribution is -2.47. The van der Waals surface area contributed by atoms with E-state index in [2.05, 4.69) is 5.32 Å². The predicted molar refractivity (Wildman–Crippen MR) is 97.1 cm³/mol. The van der Waals surface area contributed by atoms with Crippen LogP contribution >= 0.6 is 11.8 Å². The quantitative estimate of drug-likeness (QED) is 0.581. The van der Waals surface area contributed by atoms with Gasteiger partial charge in [0.1, 0.15) is 0 Å². The molecule has 8 heteroatoms. The molecule has 1 aromatic carbocycles. The van der Waals surface area contributed by atoms with E-state index in [1.165, 1.54) is 27.6 Å². The molecule has 0 aromatic heterocycles. The Morgan fingerprint density at radius 2 is 1.88 bits per heavy atom. The third kappa shape index (κ3) is 5.20. The Hall–Kier alpha value is -1.09. The molecule has 24 heavy (non-hydrogen) atoms. The normalized spacial score (nSPS) is 17.1. The van der Waals surface area contributed by atoms with Gasteiger partial charge in [-0.15, -0.1) is 11.8 Å². The second-order valence-electron chi connectivity index (χ2n) is 5.92. The Balaban J connectivity index is 1.69. The number of hydrogen-bond donors (Lipinski definition) is 1. The molecule has 134 valence electrons. The van der Waals surface area contributed by atoms with Crippen molar-refractivity contribution in [3.8, 4) is 0 Å². The molecule has 0 unspecified atom stereocenters. The third-order valence-electron chi connectivity index (χ3n) is 4.03. The van der Waals surface area contributed by atoms with E-state index in [1.807, 2.05) is 30.3 Å². The predicted octanol–water partition coefficient (Wildman–Crippen LogP) is 1.41. The highest BCUT2D eigenvalue weighted by molar-refractivity contribution is 7.99. The molecule has 1 fully saturated rings. The standard InChI is InChI=1S/C16H25N3O3S2/c1-18(2)24(21,22)19-11-8-14(9-12-19)16(20)17-10-13-23-15-6-4-3-5-7-15/h3-7,14H,8-13H2,1-2H3,(H,17,20). The lowest BCUT2D eigenvalue weighted by Gasteiger charge is -2.32. The van der Waals surface area contributed by atoms with Gasteiger partial charge in [0.05, 0.1) is 0 Å². The number of nitrogens with zero attached hydrogens (tertiary/aromatic N) is 2. The maximum atomic E-state index is 12.2. The number of nitrogens with one attached hydrogen (secondary N) is 1. The number of rotatable bonds is 7. The number of hydrogen-bond acceptors (Lipinski definition) is 4. The lowest BCUT2D eigenvalue weighted by atomic mass is 9.97. The fourth-order valence-corrected chi connectivity index (χ4v) is 4.51. The van der Waals surface area contributed by atoms with Gasteiger partial charge in [0.25, 0.3) is 10.2 Å². The van der Waals surface area contributed by atoms with Gasteiger partial charge < -0.3 is 5.32 Å². The van der Waals surface area contributed by atoms with Crippen LogP contribution in [0.25, 0.3) is 0 Å². The summed E-state index contributed by atoms with van der Waals surface area (Å²) in [5.74, 6) is 0.759. The number of thioether (sulfide) groups is 1. The molecule has 1 aliphatic heterocycles. The molecule has 1 aromatic rings. The first-order valence-electron chi connectivity index (χ1n) is 8.04. The molecular weight excluding hydrogens is 346 g/mol. The molecular formula is C16H25N3O3S2. The minimum absolute atomic E-state index is 0.0329. The van der Waals surface area contributed by atoms with E-state index in [-0.39, 0.29) is 11.8 Å². The summed E-state index contributed by atoms with van der Waals surface area (Å²) in [4.78, 5) is 13.4. The largest absolute Gasteiger partial charge is 0.355 e. The Kier molecular flexibility index (Phi) is 7.09. The van der Waals surface area contributed by atoms with E-state index in [0.717, 1.165) is 5.75 Å². The summed E-state index contributed by atoms with van der Waals surface area (Å²) >= 11 is 1.71. The molecule has 0 aliphatic carbocycles. The van der Waals surface area contributed by atoms with Crippen LogP contribution in [-0.2, 0) is 15.0 Å². The molecule has 1 amide bonds. The van der Waals surface area contributed by atoms with Crippen molar-refractivity contribution in [1.29, 1.82) is 0 Å². The first-order chi connectivity index (χ1) is 11.4. The van der Waals surface area contributed by atoms with Crippen LogP contribution in [0.5, 0.6) is 0 Å². The summed E-state index contributed by atoms with van der Waals surface area (Å²) in [5.41, 5.74) is 0. The lowest BCUT2D eigenvalue weighted by molar-refractivity contribution is -0.125. The second kappa shape index (κ2) is 8.84. The molecule has 1 N–H and O–H groups in total. The summed E-state index contributed by atoms with van der Waals surface area (Å²) < 4.78 is 26.8. The van der Waals surface area contributed by atoms with Gasteiger partial charge in [0.15, 0.2) is 0 Å². The first-order valence-corrected chi connectivity index (χ1v) is 10.4. The average molecular weight is 372 g/mol. The zero-order chi connectivity index (χ0) is 17.6. The molecule has 1 aliphatic rings. The topological polar surface area (TPSA) is 69.7 Å². The van der Waals surface area contributed by atoms with Crippen molar-refractivity contribution in [2.75, 3.05) is 39.5 Å². The molecule has 0 spiro atoms. The van der Waals surface area contributed by atoms with E-state index in [0.29, 0.717) is 32.5 Å². The molecule has 0 radical (unpaired) electrons. The van der Waals surface area contributed by atoms with Crippen LogP contribution in [0.4, 0.5) is 0 Å². The molecule has 0 atom stereocenters. The van der Waals surface area contributed by atoms with E-state index in [4.69, 9.17) is 0 Å². The van der Waals surface area contributed by atoms with E-state index < -0.39 is 10.2 Å². The summed E-state index contributed by atoms with van der Waals surface area (Å²) in [6.07, 6.45) is 1.15. The second-order valence-corrected chi connectivity index (χ2v) is 9.23. The van der Waals surface area contributed by atoms with Crippen molar-refractivity contribution >= 4 is 27.9 Å². The SMILES string of the molecule is CN(C)S(=O)(=O)N1CCC(C(=O)NCCSc2ccccc2)CC1. The highest BCUT2D eigenvalue weighted by atomic mass is 32.2. The van der Waals surface area contributed by atoms with Gasteiger partial charge in [-0.3, -0.25) is 4.79 Å². The van der Waals surface area contributed by atoms with Gasteiger partial charge in [-0.05, 0) is 25.0 Å². The number of benzene rings is 1. The first kappa shape index (κ1) is 19.2.